The number of benzene rings is 2. The molecular weight excluding hydrogens is 374 g/mol. The first-order valence-electron chi connectivity index (χ1n) is 8.73. The van der Waals surface area contributed by atoms with Crippen LogP contribution in [0.5, 0.6) is 0 Å². The smallest absolute Gasteiger partial charge is 0.224 e. The molecule has 1 saturated heterocycles. The molecule has 3 nitrogen and oxygen atoms in total. The minimum Gasteiger partial charge on any atom is -0.354 e. The lowest BCUT2D eigenvalue weighted by Gasteiger charge is -2.29. The van der Waals surface area contributed by atoms with Crippen LogP contribution in [0.25, 0.3) is 0 Å². The molecule has 2 aromatic rings. The second-order valence-corrected chi connectivity index (χ2v) is 7.35. The number of nitrogens with zero attached hydrogens (tertiary/aromatic N) is 1. The number of likely N-dealkylation sites (tertiary alicyclic amines) is 1. The van der Waals surface area contributed by atoms with Gasteiger partial charge >= 0.3 is 0 Å². The van der Waals surface area contributed by atoms with Crippen molar-refractivity contribution in [3.05, 3.63) is 69.5 Å². The first-order chi connectivity index (χ1) is 12.5. The Morgan fingerprint density at radius 1 is 1.12 bits per heavy atom. The molecule has 1 N–H and O–H groups in total. The average Bonchev–Trinajstić information content (AvgIpc) is 3.14. The largest absolute Gasteiger partial charge is 0.354 e. The summed E-state index contributed by atoms with van der Waals surface area (Å²) in [6.07, 6.45) is 2.40. The number of carbonyl (C=O) groups excluding carboxylic acids is 1. The van der Waals surface area contributed by atoms with Crippen LogP contribution >= 0.6 is 23.2 Å². The van der Waals surface area contributed by atoms with Crippen LogP contribution in [0, 0.1) is 5.82 Å². The minimum atomic E-state index is -0.332. The normalized spacial score (nSPS) is 15.8. The molecule has 1 atom stereocenters. The summed E-state index contributed by atoms with van der Waals surface area (Å²) in [5.41, 5.74) is 1.34. The van der Waals surface area contributed by atoms with Crippen molar-refractivity contribution in [3.63, 3.8) is 0 Å². The van der Waals surface area contributed by atoms with Crippen LogP contribution in [0.2, 0.25) is 10.0 Å². The number of hydrogen-bond donors (Lipinski definition) is 1. The van der Waals surface area contributed by atoms with E-state index in [2.05, 4.69) is 10.2 Å². The summed E-state index contributed by atoms with van der Waals surface area (Å²) in [6, 6.07) is 11.6. The van der Waals surface area contributed by atoms with Crippen molar-refractivity contribution in [2.24, 2.45) is 0 Å². The molecule has 0 aliphatic carbocycles. The van der Waals surface area contributed by atoms with E-state index in [0.29, 0.717) is 22.2 Å². The molecule has 1 aliphatic heterocycles. The molecule has 0 radical (unpaired) electrons. The zero-order chi connectivity index (χ0) is 18.5. The standard InChI is InChI=1S/C20H21Cl2FN2O/c21-15-8-6-14(7-9-15)12-19(26)24-13-18(25-10-1-2-11-25)20-16(22)4-3-5-17(20)23/h3-9,18H,1-2,10-13H2,(H,24,26). The van der Waals surface area contributed by atoms with Crippen LogP contribution in [0.15, 0.2) is 42.5 Å². The Balaban J connectivity index is 1.70. The van der Waals surface area contributed by atoms with Gasteiger partial charge in [-0.05, 0) is 55.8 Å². The predicted octanol–water partition coefficient (Wildman–Crippen LogP) is 4.63. The van der Waals surface area contributed by atoms with Crippen LogP contribution in [0.3, 0.4) is 0 Å². The first-order valence-corrected chi connectivity index (χ1v) is 9.49. The highest BCUT2D eigenvalue weighted by molar-refractivity contribution is 6.31. The van der Waals surface area contributed by atoms with E-state index < -0.39 is 0 Å². The van der Waals surface area contributed by atoms with Crippen molar-refractivity contribution in [2.75, 3.05) is 19.6 Å². The Morgan fingerprint density at radius 3 is 2.46 bits per heavy atom. The van der Waals surface area contributed by atoms with E-state index in [4.69, 9.17) is 23.2 Å². The van der Waals surface area contributed by atoms with Gasteiger partial charge in [0.1, 0.15) is 5.82 Å². The number of nitrogens with one attached hydrogen (secondary N) is 1. The van der Waals surface area contributed by atoms with Crippen molar-refractivity contribution < 1.29 is 9.18 Å². The third kappa shape index (κ3) is 4.76. The predicted molar refractivity (Wildman–Crippen MR) is 103 cm³/mol. The molecule has 0 spiro atoms. The van der Waals surface area contributed by atoms with Crippen LogP contribution in [0.1, 0.15) is 30.0 Å². The van der Waals surface area contributed by atoms with Gasteiger partial charge in [-0.2, -0.15) is 0 Å². The molecule has 26 heavy (non-hydrogen) atoms. The monoisotopic (exact) mass is 394 g/mol. The number of rotatable bonds is 6. The molecule has 0 bridgehead atoms. The molecule has 2 aromatic carbocycles. The van der Waals surface area contributed by atoms with Gasteiger partial charge < -0.3 is 5.32 Å². The average molecular weight is 395 g/mol. The number of hydrogen-bond acceptors (Lipinski definition) is 2. The highest BCUT2D eigenvalue weighted by Gasteiger charge is 2.28. The Bertz CT molecular complexity index is 741. The van der Waals surface area contributed by atoms with Crippen LogP contribution in [-0.4, -0.2) is 30.4 Å². The summed E-state index contributed by atoms with van der Waals surface area (Å²) in [7, 11) is 0. The minimum absolute atomic E-state index is 0.107. The van der Waals surface area contributed by atoms with E-state index in [1.165, 1.54) is 6.07 Å². The molecule has 1 heterocycles. The Labute approximate surface area is 163 Å². The van der Waals surface area contributed by atoms with Crippen LogP contribution in [-0.2, 0) is 11.2 Å². The van der Waals surface area contributed by atoms with Gasteiger partial charge in [0.15, 0.2) is 0 Å². The molecular formula is C20H21Cl2FN2O. The SMILES string of the molecule is O=C(Cc1ccc(Cl)cc1)NCC(c1c(F)cccc1Cl)N1CCCC1. The van der Waals surface area contributed by atoms with E-state index >= 15 is 0 Å². The van der Waals surface area contributed by atoms with E-state index in [1.54, 1.807) is 24.3 Å². The van der Waals surface area contributed by atoms with Crippen molar-refractivity contribution in [2.45, 2.75) is 25.3 Å². The lowest BCUT2D eigenvalue weighted by Crippen LogP contribution is -2.38. The van der Waals surface area contributed by atoms with Crippen LogP contribution in [0.4, 0.5) is 4.39 Å². The maximum absolute atomic E-state index is 14.4. The lowest BCUT2D eigenvalue weighted by molar-refractivity contribution is -0.120. The zero-order valence-electron chi connectivity index (χ0n) is 14.4. The highest BCUT2D eigenvalue weighted by Crippen LogP contribution is 2.31. The molecule has 6 heteroatoms. The van der Waals surface area contributed by atoms with Crippen molar-refractivity contribution in [3.8, 4) is 0 Å². The Hall–Kier alpha value is -1.62. The first kappa shape index (κ1) is 19.2. The fourth-order valence-electron chi connectivity index (χ4n) is 3.36. The van der Waals surface area contributed by atoms with E-state index in [0.717, 1.165) is 31.5 Å². The zero-order valence-corrected chi connectivity index (χ0v) is 15.9. The van der Waals surface area contributed by atoms with Gasteiger partial charge in [-0.15, -0.1) is 0 Å². The van der Waals surface area contributed by atoms with Gasteiger partial charge in [-0.3, -0.25) is 9.69 Å². The molecule has 1 aliphatic rings. The summed E-state index contributed by atoms with van der Waals surface area (Å²) in [5.74, 6) is -0.440. The van der Waals surface area contributed by atoms with E-state index in [-0.39, 0.29) is 24.2 Å². The van der Waals surface area contributed by atoms with Gasteiger partial charge in [-0.25, -0.2) is 4.39 Å². The van der Waals surface area contributed by atoms with Gasteiger partial charge in [-0.1, -0.05) is 41.4 Å². The summed E-state index contributed by atoms with van der Waals surface area (Å²) >= 11 is 12.1. The molecule has 1 fully saturated rings. The highest BCUT2D eigenvalue weighted by atomic mass is 35.5. The second kappa shape index (κ2) is 8.85. The fourth-order valence-corrected chi connectivity index (χ4v) is 3.77. The third-order valence-electron chi connectivity index (χ3n) is 4.68. The van der Waals surface area contributed by atoms with Crippen molar-refractivity contribution in [1.82, 2.24) is 10.2 Å². The Kier molecular flexibility index (Phi) is 6.52. The molecule has 138 valence electrons. The topological polar surface area (TPSA) is 32.3 Å². The molecule has 1 amide bonds. The Morgan fingerprint density at radius 2 is 1.81 bits per heavy atom. The lowest BCUT2D eigenvalue weighted by atomic mass is 10.0. The quantitative estimate of drug-likeness (QED) is 0.774. The maximum Gasteiger partial charge on any atom is 0.224 e. The number of halogens is 3. The third-order valence-corrected chi connectivity index (χ3v) is 5.27. The molecule has 0 saturated carbocycles. The molecule has 1 unspecified atom stereocenters. The summed E-state index contributed by atoms with van der Waals surface area (Å²) in [4.78, 5) is 14.5. The fraction of sp³-hybridized carbons (Fsp3) is 0.350. The maximum atomic E-state index is 14.4. The van der Waals surface area contributed by atoms with Crippen molar-refractivity contribution in [1.29, 1.82) is 0 Å². The second-order valence-electron chi connectivity index (χ2n) is 6.50. The molecule has 3 rings (SSSR count). The summed E-state index contributed by atoms with van der Waals surface area (Å²) < 4.78 is 14.4. The van der Waals surface area contributed by atoms with Crippen molar-refractivity contribution >= 4 is 29.1 Å². The van der Waals surface area contributed by atoms with Gasteiger partial charge in [0, 0.05) is 22.2 Å². The number of amides is 1. The number of carbonyl (C=O) groups is 1. The summed E-state index contributed by atoms with van der Waals surface area (Å²) in [5, 5.41) is 3.97. The van der Waals surface area contributed by atoms with Gasteiger partial charge in [0.2, 0.25) is 5.91 Å². The van der Waals surface area contributed by atoms with E-state index in [1.807, 2.05) is 12.1 Å². The van der Waals surface area contributed by atoms with Gasteiger partial charge in [0.25, 0.3) is 0 Å². The van der Waals surface area contributed by atoms with Crippen LogP contribution < -0.4 is 5.32 Å². The molecule has 0 aromatic heterocycles. The summed E-state index contributed by atoms with van der Waals surface area (Å²) in [6.45, 7) is 2.08. The van der Waals surface area contributed by atoms with E-state index in [9.17, 15) is 9.18 Å². The van der Waals surface area contributed by atoms with Gasteiger partial charge in [0.05, 0.1) is 12.5 Å².